The van der Waals surface area contributed by atoms with Crippen LogP contribution in [0.3, 0.4) is 0 Å². The molecule has 0 fully saturated rings. The van der Waals surface area contributed by atoms with Crippen molar-refractivity contribution in [2.24, 2.45) is 0 Å². The van der Waals surface area contributed by atoms with Crippen LogP contribution in [0, 0.1) is 0 Å². The molecule has 5 heteroatoms. The van der Waals surface area contributed by atoms with Gasteiger partial charge in [0.1, 0.15) is 0 Å². The Morgan fingerprint density at radius 1 is 1.04 bits per heavy atom. The van der Waals surface area contributed by atoms with E-state index in [0.29, 0.717) is 11.1 Å². The number of benzene rings is 2. The number of carbonyl (C=O) groups is 2. The van der Waals surface area contributed by atoms with Crippen molar-refractivity contribution in [1.82, 2.24) is 4.98 Å². The first-order chi connectivity index (χ1) is 12.0. The minimum atomic E-state index is -0.861. The maximum Gasteiger partial charge on any atom is 0.338 e. The van der Waals surface area contributed by atoms with Gasteiger partial charge in [-0.05, 0) is 37.3 Å². The van der Waals surface area contributed by atoms with Crippen LogP contribution >= 0.6 is 0 Å². The van der Waals surface area contributed by atoms with Gasteiger partial charge in [0.25, 0.3) is 0 Å². The zero-order valence-electron chi connectivity index (χ0n) is 14.4. The fourth-order valence-electron chi connectivity index (χ4n) is 2.67. The first-order valence-corrected chi connectivity index (χ1v) is 8.06. The van der Waals surface area contributed by atoms with Crippen LogP contribution in [-0.4, -0.2) is 36.9 Å². The smallest absolute Gasteiger partial charge is 0.338 e. The summed E-state index contributed by atoms with van der Waals surface area (Å²) < 4.78 is 5.36. The average Bonchev–Trinajstić information content (AvgIpc) is 3.05. The molecule has 1 heterocycles. The first kappa shape index (κ1) is 16.8. The summed E-state index contributed by atoms with van der Waals surface area (Å²) in [6.07, 6.45) is 0.795. The number of carbonyl (C=O) groups excluding carboxylic acids is 2. The normalized spacial score (nSPS) is 12.0. The summed E-state index contributed by atoms with van der Waals surface area (Å²) in [5, 5.41) is 0.825. The number of aromatic nitrogens is 1. The Morgan fingerprint density at radius 3 is 2.40 bits per heavy atom. The molecule has 0 aliphatic carbocycles. The second-order valence-electron chi connectivity index (χ2n) is 6.10. The van der Waals surface area contributed by atoms with Gasteiger partial charge >= 0.3 is 5.97 Å². The Bertz CT molecular complexity index is 910. The van der Waals surface area contributed by atoms with Gasteiger partial charge in [-0.1, -0.05) is 18.2 Å². The van der Waals surface area contributed by atoms with E-state index in [1.165, 1.54) is 0 Å². The molecule has 0 bridgehead atoms. The maximum atomic E-state index is 12.6. The summed E-state index contributed by atoms with van der Waals surface area (Å²) in [5.41, 5.74) is 2.81. The number of nitrogens with one attached hydrogen (secondary N) is 1. The molecular weight excluding hydrogens is 316 g/mol. The van der Waals surface area contributed by atoms with Crippen molar-refractivity contribution in [3.05, 3.63) is 65.9 Å². The molecule has 0 amide bonds. The van der Waals surface area contributed by atoms with Gasteiger partial charge in [-0.2, -0.15) is 0 Å². The van der Waals surface area contributed by atoms with Gasteiger partial charge in [-0.25, -0.2) is 4.79 Å². The number of nitrogens with zero attached hydrogens (tertiary/aromatic N) is 1. The molecule has 2 aromatic carbocycles. The molecule has 0 saturated carbocycles. The van der Waals surface area contributed by atoms with E-state index in [-0.39, 0.29) is 5.78 Å². The predicted octanol–water partition coefficient (Wildman–Crippen LogP) is 3.66. The SMILES string of the molecule is C[C@@H](OC(=O)c1ccc(N(C)C)cc1)C(=O)c1c[nH]c2ccccc12. The highest BCUT2D eigenvalue weighted by atomic mass is 16.5. The number of hydrogen-bond acceptors (Lipinski definition) is 4. The average molecular weight is 336 g/mol. The third-order valence-corrected chi connectivity index (χ3v) is 4.13. The van der Waals surface area contributed by atoms with E-state index in [1.54, 1.807) is 25.3 Å². The highest BCUT2D eigenvalue weighted by Crippen LogP contribution is 2.20. The minimum absolute atomic E-state index is 0.226. The molecule has 3 rings (SSSR count). The van der Waals surface area contributed by atoms with E-state index in [4.69, 9.17) is 4.74 Å². The number of hydrogen-bond donors (Lipinski definition) is 1. The van der Waals surface area contributed by atoms with Gasteiger partial charge in [0.05, 0.1) is 5.56 Å². The van der Waals surface area contributed by atoms with Crippen LogP contribution in [0.2, 0.25) is 0 Å². The van der Waals surface area contributed by atoms with Gasteiger partial charge in [0.15, 0.2) is 6.10 Å². The van der Waals surface area contributed by atoms with Gasteiger partial charge in [-0.3, -0.25) is 4.79 Å². The lowest BCUT2D eigenvalue weighted by atomic mass is 10.1. The molecule has 5 nitrogen and oxygen atoms in total. The van der Waals surface area contributed by atoms with Gasteiger partial charge < -0.3 is 14.6 Å². The molecule has 0 aliphatic rings. The van der Waals surface area contributed by atoms with Crippen LogP contribution in [0.15, 0.2) is 54.7 Å². The molecular formula is C20H20N2O3. The largest absolute Gasteiger partial charge is 0.451 e. The molecule has 128 valence electrons. The monoisotopic (exact) mass is 336 g/mol. The number of para-hydroxylation sites is 1. The number of ketones is 1. The van der Waals surface area contributed by atoms with Crippen LogP contribution in [0.1, 0.15) is 27.6 Å². The number of Topliss-reactive ketones (excluding diaryl/α,β-unsaturated/α-hetero) is 1. The molecule has 25 heavy (non-hydrogen) atoms. The Labute approximate surface area is 146 Å². The van der Waals surface area contributed by atoms with Crippen LogP contribution < -0.4 is 4.90 Å². The Balaban J connectivity index is 1.73. The van der Waals surface area contributed by atoms with E-state index >= 15 is 0 Å². The Hall–Kier alpha value is -3.08. The maximum absolute atomic E-state index is 12.6. The van der Waals surface area contributed by atoms with Crippen molar-refractivity contribution in [3.63, 3.8) is 0 Å². The van der Waals surface area contributed by atoms with Crippen LogP contribution in [0.25, 0.3) is 10.9 Å². The van der Waals surface area contributed by atoms with E-state index in [1.807, 2.05) is 55.4 Å². The zero-order chi connectivity index (χ0) is 18.0. The van der Waals surface area contributed by atoms with Crippen LogP contribution in [0.5, 0.6) is 0 Å². The molecule has 0 spiro atoms. The van der Waals surface area contributed by atoms with Gasteiger partial charge in [-0.15, -0.1) is 0 Å². The second kappa shape index (κ2) is 6.81. The van der Waals surface area contributed by atoms with Crippen molar-refractivity contribution >= 4 is 28.3 Å². The Kier molecular flexibility index (Phi) is 4.57. The summed E-state index contributed by atoms with van der Waals surface area (Å²) in [6, 6.07) is 14.6. The third-order valence-electron chi connectivity index (χ3n) is 4.13. The summed E-state index contributed by atoms with van der Waals surface area (Å²) in [6.45, 7) is 1.59. The predicted molar refractivity (Wildman–Crippen MR) is 98.3 cm³/mol. The molecule has 1 N–H and O–H groups in total. The molecule has 0 radical (unpaired) electrons. The molecule has 1 atom stereocenters. The van der Waals surface area contributed by atoms with E-state index in [9.17, 15) is 9.59 Å². The summed E-state index contributed by atoms with van der Waals surface area (Å²) in [5.74, 6) is -0.735. The molecule has 0 aliphatic heterocycles. The van der Waals surface area contributed by atoms with Crippen LogP contribution in [-0.2, 0) is 4.74 Å². The molecule has 0 unspecified atom stereocenters. The summed E-state index contributed by atoms with van der Waals surface area (Å²) >= 11 is 0. The second-order valence-corrected chi connectivity index (χ2v) is 6.10. The fraction of sp³-hybridized carbons (Fsp3) is 0.200. The standard InChI is InChI=1S/C20H20N2O3/c1-13(19(23)17-12-21-18-7-5-4-6-16(17)18)25-20(24)14-8-10-15(11-9-14)22(2)3/h4-13,21H,1-3H3/t13-/m1/s1. The number of aromatic amines is 1. The zero-order valence-corrected chi connectivity index (χ0v) is 14.4. The summed E-state index contributed by atoms with van der Waals surface area (Å²) in [4.78, 5) is 29.9. The number of ether oxygens (including phenoxy) is 1. The van der Waals surface area contributed by atoms with E-state index < -0.39 is 12.1 Å². The Morgan fingerprint density at radius 2 is 1.72 bits per heavy atom. The fourth-order valence-corrected chi connectivity index (χ4v) is 2.67. The lowest BCUT2D eigenvalue weighted by Gasteiger charge is -2.14. The quantitative estimate of drug-likeness (QED) is 0.570. The number of anilines is 1. The van der Waals surface area contributed by atoms with Crippen LogP contribution in [0.4, 0.5) is 5.69 Å². The van der Waals surface area contributed by atoms with E-state index in [2.05, 4.69) is 4.98 Å². The van der Waals surface area contributed by atoms with E-state index in [0.717, 1.165) is 16.6 Å². The summed E-state index contributed by atoms with van der Waals surface area (Å²) in [7, 11) is 3.85. The molecule has 0 saturated heterocycles. The highest BCUT2D eigenvalue weighted by Gasteiger charge is 2.22. The van der Waals surface area contributed by atoms with Crippen molar-refractivity contribution in [1.29, 1.82) is 0 Å². The third kappa shape index (κ3) is 3.40. The van der Waals surface area contributed by atoms with Crippen molar-refractivity contribution in [2.45, 2.75) is 13.0 Å². The lowest BCUT2D eigenvalue weighted by Crippen LogP contribution is -2.24. The topological polar surface area (TPSA) is 62.4 Å². The van der Waals surface area contributed by atoms with Crippen molar-refractivity contribution in [3.8, 4) is 0 Å². The number of fused-ring (bicyclic) bond motifs is 1. The molecule has 1 aromatic heterocycles. The van der Waals surface area contributed by atoms with Crippen molar-refractivity contribution in [2.75, 3.05) is 19.0 Å². The number of esters is 1. The first-order valence-electron chi connectivity index (χ1n) is 8.06. The number of H-pyrrole nitrogens is 1. The van der Waals surface area contributed by atoms with Crippen molar-refractivity contribution < 1.29 is 14.3 Å². The minimum Gasteiger partial charge on any atom is -0.451 e. The highest BCUT2D eigenvalue weighted by molar-refractivity contribution is 6.10. The molecule has 3 aromatic rings. The van der Waals surface area contributed by atoms with Gasteiger partial charge in [0.2, 0.25) is 5.78 Å². The lowest BCUT2D eigenvalue weighted by molar-refractivity contribution is 0.0319. The number of rotatable bonds is 5. The van der Waals surface area contributed by atoms with Gasteiger partial charge in [0, 0.05) is 42.4 Å².